The second-order valence-electron chi connectivity index (χ2n) is 3.84. The molecule has 0 spiro atoms. The van der Waals surface area contributed by atoms with Crippen molar-refractivity contribution < 1.29 is 9.59 Å². The average molecular weight is 252 g/mol. The monoisotopic (exact) mass is 252 g/mol. The molecule has 1 aromatic carbocycles. The number of hydrogen-bond donors (Lipinski definition) is 2. The molecule has 1 rings (SSSR count). The molecule has 5 heteroatoms. The number of carbonyl (C=O) groups is 2. The molecule has 0 saturated carbocycles. The number of amides is 2. The van der Waals surface area contributed by atoms with Crippen molar-refractivity contribution in [1.29, 1.82) is 0 Å². The van der Waals surface area contributed by atoms with Gasteiger partial charge in [0.1, 0.15) is 0 Å². The fraction of sp³-hybridized carbons (Fsp3) is 0.333. The Morgan fingerprint density at radius 3 is 2.65 bits per heavy atom. The Bertz CT molecular complexity index is 419. The fourth-order valence-corrected chi connectivity index (χ4v) is 1.48. The predicted molar refractivity (Wildman–Crippen MR) is 69.3 cm³/mol. The minimum absolute atomic E-state index is 0.00625. The van der Waals surface area contributed by atoms with Gasteiger partial charge in [0.25, 0.3) is 5.91 Å². The summed E-state index contributed by atoms with van der Waals surface area (Å²) >= 11 is 4.16. The highest BCUT2D eigenvalue weighted by Gasteiger charge is 2.07. The quantitative estimate of drug-likeness (QED) is 0.791. The molecule has 0 radical (unpaired) electrons. The minimum atomic E-state index is -0.188. The molecule has 4 nitrogen and oxygen atoms in total. The van der Waals surface area contributed by atoms with E-state index in [1.165, 1.54) is 4.90 Å². The van der Waals surface area contributed by atoms with E-state index in [0.29, 0.717) is 18.5 Å². The van der Waals surface area contributed by atoms with Crippen LogP contribution in [0.15, 0.2) is 29.2 Å². The number of hydrogen-bond acceptors (Lipinski definition) is 3. The van der Waals surface area contributed by atoms with Crippen LogP contribution in [0.1, 0.15) is 16.8 Å². The molecular formula is C12H16N2O2S. The van der Waals surface area contributed by atoms with Crippen molar-refractivity contribution in [3.05, 3.63) is 29.8 Å². The van der Waals surface area contributed by atoms with E-state index in [9.17, 15) is 9.59 Å². The van der Waals surface area contributed by atoms with E-state index in [1.807, 2.05) is 0 Å². The molecular weight excluding hydrogens is 236 g/mol. The van der Waals surface area contributed by atoms with Crippen LogP contribution in [0.4, 0.5) is 0 Å². The van der Waals surface area contributed by atoms with Gasteiger partial charge in [0.2, 0.25) is 5.91 Å². The summed E-state index contributed by atoms with van der Waals surface area (Å²) in [5.74, 6) is -0.194. The maximum Gasteiger partial charge on any atom is 0.251 e. The molecule has 1 N–H and O–H groups in total. The summed E-state index contributed by atoms with van der Waals surface area (Å²) in [6.45, 7) is 0.340. The summed E-state index contributed by atoms with van der Waals surface area (Å²) < 4.78 is 0. The standard InChI is InChI=1S/C12H16N2O2S/c1-14(2)11(15)6-7-13-12(16)9-4-3-5-10(17)8-9/h3-5,8,17H,6-7H2,1-2H3,(H,13,16). The second kappa shape index (κ2) is 6.30. The third-order valence-corrected chi connectivity index (χ3v) is 2.51. The van der Waals surface area contributed by atoms with Crippen LogP contribution in [-0.2, 0) is 4.79 Å². The zero-order valence-electron chi connectivity index (χ0n) is 9.93. The van der Waals surface area contributed by atoms with Gasteiger partial charge in [-0.05, 0) is 18.2 Å². The summed E-state index contributed by atoms with van der Waals surface area (Å²) in [5.41, 5.74) is 0.551. The molecule has 0 aliphatic rings. The number of carbonyl (C=O) groups excluding carboxylic acids is 2. The van der Waals surface area contributed by atoms with Crippen LogP contribution in [0.3, 0.4) is 0 Å². The molecule has 0 saturated heterocycles. The van der Waals surface area contributed by atoms with Crippen molar-refractivity contribution in [1.82, 2.24) is 10.2 Å². The number of nitrogens with zero attached hydrogens (tertiary/aromatic N) is 1. The zero-order valence-corrected chi connectivity index (χ0v) is 10.8. The predicted octanol–water partition coefficient (Wildman–Crippen LogP) is 1.18. The van der Waals surface area contributed by atoms with Crippen molar-refractivity contribution >= 4 is 24.4 Å². The Balaban J connectivity index is 2.43. The van der Waals surface area contributed by atoms with E-state index in [2.05, 4.69) is 17.9 Å². The van der Waals surface area contributed by atoms with Crippen LogP contribution in [-0.4, -0.2) is 37.4 Å². The summed E-state index contributed by atoms with van der Waals surface area (Å²) in [5, 5.41) is 2.69. The Morgan fingerprint density at radius 2 is 2.06 bits per heavy atom. The lowest BCUT2D eigenvalue weighted by Gasteiger charge is -2.10. The molecule has 92 valence electrons. The van der Waals surface area contributed by atoms with Gasteiger partial charge in [0, 0.05) is 37.5 Å². The summed E-state index contributed by atoms with van der Waals surface area (Å²) in [4.78, 5) is 25.2. The Hall–Kier alpha value is -1.49. The molecule has 0 aliphatic heterocycles. The molecule has 2 amide bonds. The Labute approximate surface area is 106 Å². The van der Waals surface area contributed by atoms with Crippen LogP contribution >= 0.6 is 12.6 Å². The van der Waals surface area contributed by atoms with Crippen LogP contribution < -0.4 is 5.32 Å². The largest absolute Gasteiger partial charge is 0.352 e. The van der Waals surface area contributed by atoms with Crippen molar-refractivity contribution in [2.45, 2.75) is 11.3 Å². The maximum absolute atomic E-state index is 11.7. The van der Waals surface area contributed by atoms with Gasteiger partial charge < -0.3 is 10.2 Å². The topological polar surface area (TPSA) is 49.4 Å². The molecule has 0 aliphatic carbocycles. The maximum atomic E-state index is 11.7. The Morgan fingerprint density at radius 1 is 1.35 bits per heavy atom. The van der Waals surface area contributed by atoms with Crippen LogP contribution in [0.25, 0.3) is 0 Å². The molecule has 1 aromatic rings. The van der Waals surface area contributed by atoms with Crippen LogP contribution in [0.5, 0.6) is 0 Å². The first-order valence-corrected chi connectivity index (χ1v) is 5.73. The van der Waals surface area contributed by atoms with Gasteiger partial charge >= 0.3 is 0 Å². The van der Waals surface area contributed by atoms with Gasteiger partial charge in [-0.25, -0.2) is 0 Å². The molecule has 0 aromatic heterocycles. The molecule has 0 fully saturated rings. The molecule has 0 bridgehead atoms. The van der Waals surface area contributed by atoms with Crippen molar-refractivity contribution in [3.8, 4) is 0 Å². The van der Waals surface area contributed by atoms with Crippen molar-refractivity contribution in [2.24, 2.45) is 0 Å². The lowest BCUT2D eigenvalue weighted by atomic mass is 10.2. The summed E-state index contributed by atoms with van der Waals surface area (Å²) in [6, 6.07) is 6.96. The first-order valence-electron chi connectivity index (χ1n) is 5.28. The van der Waals surface area contributed by atoms with E-state index >= 15 is 0 Å². The lowest BCUT2D eigenvalue weighted by molar-refractivity contribution is -0.128. The first-order chi connectivity index (χ1) is 8.00. The van der Waals surface area contributed by atoms with E-state index < -0.39 is 0 Å². The van der Waals surface area contributed by atoms with Gasteiger partial charge in [0.15, 0.2) is 0 Å². The van der Waals surface area contributed by atoms with E-state index in [4.69, 9.17) is 0 Å². The van der Waals surface area contributed by atoms with E-state index in [-0.39, 0.29) is 11.8 Å². The summed E-state index contributed by atoms with van der Waals surface area (Å²) in [6.07, 6.45) is 0.305. The van der Waals surface area contributed by atoms with E-state index in [0.717, 1.165) is 4.90 Å². The summed E-state index contributed by atoms with van der Waals surface area (Å²) in [7, 11) is 3.38. The Kier molecular flexibility index (Phi) is 5.03. The normalized spacial score (nSPS) is 9.82. The second-order valence-corrected chi connectivity index (χ2v) is 4.36. The van der Waals surface area contributed by atoms with Gasteiger partial charge in [-0.2, -0.15) is 0 Å². The van der Waals surface area contributed by atoms with Gasteiger partial charge in [0.05, 0.1) is 0 Å². The smallest absolute Gasteiger partial charge is 0.251 e. The molecule has 0 atom stereocenters. The number of nitrogens with one attached hydrogen (secondary N) is 1. The lowest BCUT2D eigenvalue weighted by Crippen LogP contribution is -2.30. The third-order valence-electron chi connectivity index (χ3n) is 2.23. The van der Waals surface area contributed by atoms with Crippen molar-refractivity contribution in [2.75, 3.05) is 20.6 Å². The van der Waals surface area contributed by atoms with Crippen molar-refractivity contribution in [3.63, 3.8) is 0 Å². The molecule has 0 heterocycles. The molecule has 0 unspecified atom stereocenters. The van der Waals surface area contributed by atoms with Gasteiger partial charge in [-0.15, -0.1) is 12.6 Å². The minimum Gasteiger partial charge on any atom is -0.352 e. The number of benzene rings is 1. The van der Waals surface area contributed by atoms with Gasteiger partial charge in [-0.3, -0.25) is 9.59 Å². The number of thiol groups is 1. The highest BCUT2D eigenvalue weighted by molar-refractivity contribution is 7.80. The first kappa shape index (κ1) is 13.6. The third kappa shape index (κ3) is 4.48. The van der Waals surface area contributed by atoms with Crippen LogP contribution in [0, 0.1) is 0 Å². The highest BCUT2D eigenvalue weighted by atomic mass is 32.1. The van der Waals surface area contributed by atoms with Crippen LogP contribution in [0.2, 0.25) is 0 Å². The van der Waals surface area contributed by atoms with E-state index in [1.54, 1.807) is 38.4 Å². The average Bonchev–Trinajstić information content (AvgIpc) is 2.28. The SMILES string of the molecule is CN(C)C(=O)CCNC(=O)c1cccc(S)c1. The molecule has 17 heavy (non-hydrogen) atoms. The van der Waals surface area contributed by atoms with Gasteiger partial charge in [-0.1, -0.05) is 6.07 Å². The highest BCUT2D eigenvalue weighted by Crippen LogP contribution is 2.08. The zero-order chi connectivity index (χ0) is 12.8. The number of rotatable bonds is 4. The fourth-order valence-electron chi connectivity index (χ4n) is 1.26.